The van der Waals surface area contributed by atoms with Gasteiger partial charge in [0.25, 0.3) is 0 Å². The fourth-order valence-electron chi connectivity index (χ4n) is 2.62. The van der Waals surface area contributed by atoms with E-state index in [0.717, 1.165) is 11.3 Å². The van der Waals surface area contributed by atoms with Crippen LogP contribution >= 0.6 is 11.3 Å². The van der Waals surface area contributed by atoms with Crippen LogP contribution in [-0.2, 0) is 4.74 Å². The van der Waals surface area contributed by atoms with Crippen molar-refractivity contribution in [1.29, 1.82) is 0 Å². The first-order chi connectivity index (χ1) is 12.9. The Kier molecular flexibility index (Phi) is 5.81. The summed E-state index contributed by atoms with van der Waals surface area (Å²) in [5.74, 6) is -0.272. The Labute approximate surface area is 158 Å². The number of aromatic nitrogens is 1. The predicted molar refractivity (Wildman–Crippen MR) is 95.6 cm³/mol. The zero-order valence-corrected chi connectivity index (χ0v) is 14.7. The molecule has 1 aromatic heterocycles. The normalized spacial score (nSPS) is 27.7. The maximum atomic E-state index is 12.5. The molecule has 1 aliphatic heterocycles. The molecule has 2 heterocycles. The van der Waals surface area contributed by atoms with Crippen molar-refractivity contribution in [2.24, 2.45) is 0 Å². The first kappa shape index (κ1) is 19.4. The summed E-state index contributed by atoms with van der Waals surface area (Å²) in [5, 5.41) is 41.8. The van der Waals surface area contributed by atoms with Gasteiger partial charge in [0.15, 0.2) is 17.0 Å². The SMILES string of the molecule is [C-]#[N+]c1ccc(C(=O)c2cnc(N[C@H]3OC(CO)[C@@H](O)[C@H](O)C3O)s2)cc1. The lowest BCUT2D eigenvalue weighted by molar-refractivity contribution is -0.221. The highest BCUT2D eigenvalue weighted by atomic mass is 32.1. The van der Waals surface area contributed by atoms with E-state index in [0.29, 0.717) is 16.1 Å². The van der Waals surface area contributed by atoms with Gasteiger partial charge in [-0.25, -0.2) is 9.83 Å². The van der Waals surface area contributed by atoms with Crippen LogP contribution in [0.5, 0.6) is 0 Å². The van der Waals surface area contributed by atoms with Gasteiger partial charge in [0, 0.05) is 5.56 Å². The average Bonchev–Trinajstić information content (AvgIpc) is 3.16. The zero-order chi connectivity index (χ0) is 19.6. The minimum Gasteiger partial charge on any atom is -0.394 e. The lowest BCUT2D eigenvalue weighted by Crippen LogP contribution is -2.60. The lowest BCUT2D eigenvalue weighted by atomic mass is 9.98. The van der Waals surface area contributed by atoms with Crippen molar-refractivity contribution < 1.29 is 30.0 Å². The Bertz CT molecular complexity index is 847. The van der Waals surface area contributed by atoms with Crippen LogP contribution in [0.25, 0.3) is 4.85 Å². The molecule has 0 amide bonds. The fourth-order valence-corrected chi connectivity index (χ4v) is 3.42. The summed E-state index contributed by atoms with van der Waals surface area (Å²) >= 11 is 1.02. The largest absolute Gasteiger partial charge is 0.394 e. The van der Waals surface area contributed by atoms with Crippen LogP contribution < -0.4 is 5.32 Å². The molecule has 0 spiro atoms. The molecule has 5 N–H and O–H groups in total. The number of nitrogens with one attached hydrogen (secondary N) is 1. The van der Waals surface area contributed by atoms with Gasteiger partial charge in [-0.15, -0.1) is 0 Å². The van der Waals surface area contributed by atoms with Crippen LogP contribution in [0.15, 0.2) is 30.5 Å². The van der Waals surface area contributed by atoms with Crippen LogP contribution in [0.4, 0.5) is 10.8 Å². The smallest absolute Gasteiger partial charge is 0.204 e. The van der Waals surface area contributed by atoms with Crippen molar-refractivity contribution >= 4 is 27.9 Å². The summed E-state index contributed by atoms with van der Waals surface area (Å²) in [7, 11) is 0. The second kappa shape index (κ2) is 8.10. The van der Waals surface area contributed by atoms with Crippen LogP contribution in [0.3, 0.4) is 0 Å². The average molecular weight is 391 g/mol. The standard InChI is InChI=1S/C17H17N3O6S/c1-18-9-4-2-8(3-5-9)12(22)11-6-19-17(27-11)20-16-15(25)14(24)13(23)10(7-21)26-16/h2-6,10,13-16,21,23-25H,7H2,(H,19,20)/t10?,13-,14+,15?,16+/m1/s1. The predicted octanol–water partition coefficient (Wildman–Crippen LogP) is 0.137. The van der Waals surface area contributed by atoms with E-state index in [9.17, 15) is 25.2 Å². The minimum atomic E-state index is -1.50. The molecule has 0 aliphatic carbocycles. The number of nitrogens with zero attached hydrogens (tertiary/aromatic N) is 2. The third-order valence-electron chi connectivity index (χ3n) is 4.15. The highest BCUT2D eigenvalue weighted by molar-refractivity contribution is 7.17. The number of hydrogen-bond acceptors (Lipinski definition) is 9. The Morgan fingerprint density at radius 3 is 2.56 bits per heavy atom. The molecular weight excluding hydrogens is 374 g/mol. The fraction of sp³-hybridized carbons (Fsp3) is 0.353. The molecule has 3 rings (SSSR count). The number of ketones is 1. The quantitative estimate of drug-likeness (QED) is 0.359. The number of thiazole rings is 1. The van der Waals surface area contributed by atoms with E-state index in [4.69, 9.17) is 11.3 Å². The molecule has 1 fully saturated rings. The zero-order valence-electron chi connectivity index (χ0n) is 13.9. The van der Waals surface area contributed by atoms with Crippen LogP contribution in [0.2, 0.25) is 0 Å². The van der Waals surface area contributed by atoms with Gasteiger partial charge in [0.05, 0.1) is 24.3 Å². The molecular formula is C17H17N3O6S. The summed E-state index contributed by atoms with van der Waals surface area (Å²) in [6.45, 7) is 6.39. The number of ether oxygens (including phenoxy) is 1. The number of rotatable bonds is 5. The molecule has 1 aliphatic rings. The van der Waals surface area contributed by atoms with Crippen molar-refractivity contribution in [2.45, 2.75) is 30.6 Å². The van der Waals surface area contributed by atoms with E-state index in [1.165, 1.54) is 6.20 Å². The van der Waals surface area contributed by atoms with Crippen molar-refractivity contribution in [3.8, 4) is 0 Å². The van der Waals surface area contributed by atoms with Gasteiger partial charge in [-0.3, -0.25) is 4.79 Å². The third-order valence-corrected chi connectivity index (χ3v) is 5.07. The molecule has 9 nitrogen and oxygen atoms in total. The van der Waals surface area contributed by atoms with E-state index in [2.05, 4.69) is 15.1 Å². The lowest BCUT2D eigenvalue weighted by Gasteiger charge is -2.40. The number of aliphatic hydroxyl groups excluding tert-OH is 4. The van der Waals surface area contributed by atoms with Crippen LogP contribution in [-0.4, -0.2) is 68.4 Å². The molecule has 1 saturated heterocycles. The molecule has 27 heavy (non-hydrogen) atoms. The summed E-state index contributed by atoms with van der Waals surface area (Å²) in [6, 6.07) is 6.21. The summed E-state index contributed by atoms with van der Waals surface area (Å²) < 4.78 is 5.35. The van der Waals surface area contributed by atoms with Crippen LogP contribution in [0, 0.1) is 6.57 Å². The van der Waals surface area contributed by atoms with E-state index in [1.807, 2.05) is 0 Å². The first-order valence-corrected chi connectivity index (χ1v) is 8.81. The number of anilines is 1. The summed E-state index contributed by atoms with van der Waals surface area (Å²) in [4.78, 5) is 20.1. The summed E-state index contributed by atoms with van der Waals surface area (Å²) in [6.07, 6.45) is -5.20. The van der Waals surface area contributed by atoms with Crippen molar-refractivity contribution in [2.75, 3.05) is 11.9 Å². The minimum absolute atomic E-state index is 0.264. The Morgan fingerprint density at radius 2 is 1.93 bits per heavy atom. The molecule has 10 heteroatoms. The maximum absolute atomic E-state index is 12.5. The van der Waals surface area contributed by atoms with Gasteiger partial charge < -0.3 is 30.5 Å². The Balaban J connectivity index is 1.71. The molecule has 0 saturated carbocycles. The van der Waals surface area contributed by atoms with E-state index in [-0.39, 0.29) is 10.9 Å². The van der Waals surface area contributed by atoms with Crippen molar-refractivity contribution in [3.05, 3.63) is 52.3 Å². The number of hydrogen-bond donors (Lipinski definition) is 5. The van der Waals surface area contributed by atoms with Crippen molar-refractivity contribution in [1.82, 2.24) is 4.98 Å². The Morgan fingerprint density at radius 1 is 1.22 bits per heavy atom. The first-order valence-electron chi connectivity index (χ1n) is 7.99. The number of aliphatic hydroxyl groups is 4. The number of carbonyl (C=O) groups is 1. The number of carbonyl (C=O) groups excluding carboxylic acids is 1. The highest BCUT2D eigenvalue weighted by Gasteiger charge is 2.43. The van der Waals surface area contributed by atoms with Gasteiger partial charge in [-0.2, -0.15) is 0 Å². The maximum Gasteiger partial charge on any atom is 0.204 e. The number of benzene rings is 1. The highest BCUT2D eigenvalue weighted by Crippen LogP contribution is 2.27. The molecule has 142 valence electrons. The molecule has 0 bridgehead atoms. The van der Waals surface area contributed by atoms with E-state index < -0.39 is 37.3 Å². The monoisotopic (exact) mass is 391 g/mol. The molecule has 2 unspecified atom stereocenters. The van der Waals surface area contributed by atoms with Crippen molar-refractivity contribution in [3.63, 3.8) is 0 Å². The van der Waals surface area contributed by atoms with Gasteiger partial charge in [-0.05, 0) is 0 Å². The molecule has 2 aromatic rings. The Hall–Kier alpha value is -2.39. The van der Waals surface area contributed by atoms with E-state index in [1.54, 1.807) is 24.3 Å². The van der Waals surface area contributed by atoms with Crippen LogP contribution in [0.1, 0.15) is 15.2 Å². The molecule has 5 atom stereocenters. The third kappa shape index (κ3) is 3.98. The molecule has 1 aromatic carbocycles. The van der Waals surface area contributed by atoms with Gasteiger partial charge in [-0.1, -0.05) is 35.6 Å². The summed E-state index contributed by atoms with van der Waals surface area (Å²) in [5.41, 5.74) is 0.839. The van der Waals surface area contributed by atoms with Gasteiger partial charge >= 0.3 is 0 Å². The second-order valence-corrected chi connectivity index (χ2v) is 6.94. The second-order valence-electron chi connectivity index (χ2n) is 5.91. The van der Waals surface area contributed by atoms with Gasteiger partial charge in [0.2, 0.25) is 5.78 Å². The van der Waals surface area contributed by atoms with Gasteiger partial charge in [0.1, 0.15) is 24.4 Å². The topological polar surface area (TPSA) is 136 Å². The van der Waals surface area contributed by atoms with E-state index >= 15 is 0 Å². The molecule has 0 radical (unpaired) electrons.